The molecular weight excluding hydrogens is 422 g/mol. The molecule has 0 atom stereocenters. The number of hydrogen-bond donors (Lipinski definition) is 3. The number of ether oxygens (including phenoxy) is 1. The number of carbonyl (C=O) groups is 2. The molecule has 2 aromatic rings. The Morgan fingerprint density at radius 2 is 1.64 bits per heavy atom. The lowest BCUT2D eigenvalue weighted by molar-refractivity contribution is 0.0953. The van der Waals surface area contributed by atoms with Crippen LogP contribution in [-0.4, -0.2) is 37.7 Å². The monoisotopic (exact) mass is 447 g/mol. The van der Waals surface area contributed by atoms with Gasteiger partial charge in [-0.05, 0) is 56.2 Å². The fourth-order valence-electron chi connectivity index (χ4n) is 2.47. The van der Waals surface area contributed by atoms with Crippen molar-refractivity contribution >= 4 is 27.9 Å². The average molecular weight is 448 g/mol. The molecule has 0 saturated carbocycles. The number of nitrogens with one attached hydrogen (secondary N) is 3. The van der Waals surface area contributed by atoms with Crippen molar-refractivity contribution in [1.29, 1.82) is 0 Å². The molecule has 3 N–H and O–H groups in total. The first-order valence-electron chi connectivity index (χ1n) is 9.25. The maximum absolute atomic E-state index is 12.0. The summed E-state index contributed by atoms with van der Waals surface area (Å²) in [5, 5.41) is 8.30. The number of urea groups is 1. The Balaban J connectivity index is 1.59. The first-order valence-corrected chi connectivity index (χ1v) is 10.0. The van der Waals surface area contributed by atoms with Crippen molar-refractivity contribution in [1.82, 2.24) is 16.0 Å². The summed E-state index contributed by atoms with van der Waals surface area (Å²) in [4.78, 5) is 23.8. The second kappa shape index (κ2) is 11.3. The van der Waals surface area contributed by atoms with Crippen molar-refractivity contribution in [2.45, 2.75) is 26.4 Å². The molecule has 7 heteroatoms. The second-order valence-electron chi connectivity index (χ2n) is 6.51. The summed E-state index contributed by atoms with van der Waals surface area (Å²) in [6.45, 7) is 5.22. The van der Waals surface area contributed by atoms with Gasteiger partial charge in [0.2, 0.25) is 0 Å². The molecule has 0 fully saturated rings. The number of halogens is 1. The van der Waals surface area contributed by atoms with E-state index in [4.69, 9.17) is 4.74 Å². The van der Waals surface area contributed by atoms with Gasteiger partial charge in [0.25, 0.3) is 5.91 Å². The van der Waals surface area contributed by atoms with Crippen LogP contribution in [0, 0.1) is 0 Å². The van der Waals surface area contributed by atoms with Crippen molar-refractivity contribution in [3.05, 3.63) is 64.1 Å². The molecule has 0 saturated heterocycles. The van der Waals surface area contributed by atoms with E-state index < -0.39 is 0 Å². The van der Waals surface area contributed by atoms with Crippen LogP contribution in [0.3, 0.4) is 0 Å². The summed E-state index contributed by atoms with van der Waals surface area (Å²) in [6, 6.07) is 14.7. The summed E-state index contributed by atoms with van der Waals surface area (Å²) < 4.78 is 6.45. The Bertz CT molecular complexity index is 779. The van der Waals surface area contributed by atoms with E-state index in [1.54, 1.807) is 18.2 Å². The molecule has 2 aromatic carbocycles. The molecule has 6 nitrogen and oxygen atoms in total. The zero-order valence-corrected chi connectivity index (χ0v) is 17.7. The highest BCUT2D eigenvalue weighted by Crippen LogP contribution is 2.14. The Labute approximate surface area is 174 Å². The molecule has 2 rings (SSSR count). The lowest BCUT2D eigenvalue weighted by Crippen LogP contribution is -2.40. The van der Waals surface area contributed by atoms with E-state index in [-0.39, 0.29) is 18.0 Å². The van der Waals surface area contributed by atoms with Crippen LogP contribution in [0.4, 0.5) is 4.79 Å². The fourth-order valence-corrected chi connectivity index (χ4v) is 2.87. The zero-order valence-electron chi connectivity index (χ0n) is 16.1. The van der Waals surface area contributed by atoms with Gasteiger partial charge >= 0.3 is 6.03 Å². The third-order valence-electron chi connectivity index (χ3n) is 3.78. The van der Waals surface area contributed by atoms with Gasteiger partial charge < -0.3 is 20.7 Å². The molecule has 0 radical (unpaired) electrons. The third-order valence-corrected chi connectivity index (χ3v) is 4.27. The van der Waals surface area contributed by atoms with Gasteiger partial charge in [0.15, 0.2) is 0 Å². The van der Waals surface area contributed by atoms with E-state index in [0.717, 1.165) is 22.2 Å². The van der Waals surface area contributed by atoms with E-state index >= 15 is 0 Å². The minimum atomic E-state index is -0.253. The van der Waals surface area contributed by atoms with Crippen LogP contribution in [0.1, 0.15) is 29.8 Å². The van der Waals surface area contributed by atoms with Gasteiger partial charge in [0.05, 0.1) is 6.10 Å². The molecule has 0 spiro atoms. The number of hydrogen-bond acceptors (Lipinski definition) is 3. The molecule has 0 bridgehead atoms. The Morgan fingerprint density at radius 3 is 2.32 bits per heavy atom. The maximum Gasteiger partial charge on any atom is 0.314 e. The molecule has 0 aromatic heterocycles. The van der Waals surface area contributed by atoms with Crippen LogP contribution in [0.2, 0.25) is 0 Å². The van der Waals surface area contributed by atoms with Crippen LogP contribution in [0.15, 0.2) is 53.0 Å². The minimum Gasteiger partial charge on any atom is -0.491 e. The quantitative estimate of drug-likeness (QED) is 0.514. The SMILES string of the molecule is CC(C)Oc1ccc(CCNC(=O)NCCNC(=O)c2cccc(Br)c2)cc1. The summed E-state index contributed by atoms with van der Waals surface area (Å²) in [6.07, 6.45) is 0.880. The largest absolute Gasteiger partial charge is 0.491 e. The number of amides is 3. The minimum absolute atomic E-state index is 0.149. The smallest absolute Gasteiger partial charge is 0.314 e. The molecule has 0 unspecified atom stereocenters. The highest BCUT2D eigenvalue weighted by molar-refractivity contribution is 9.10. The number of benzene rings is 2. The molecule has 0 heterocycles. The maximum atomic E-state index is 12.0. The Morgan fingerprint density at radius 1 is 0.964 bits per heavy atom. The van der Waals surface area contributed by atoms with Gasteiger partial charge in [0, 0.05) is 29.7 Å². The van der Waals surface area contributed by atoms with Gasteiger partial charge in [-0.15, -0.1) is 0 Å². The summed E-state index contributed by atoms with van der Waals surface area (Å²) >= 11 is 3.33. The van der Waals surface area contributed by atoms with Crippen LogP contribution < -0.4 is 20.7 Å². The van der Waals surface area contributed by atoms with Crippen molar-refractivity contribution < 1.29 is 14.3 Å². The van der Waals surface area contributed by atoms with E-state index in [1.807, 2.05) is 44.2 Å². The molecule has 3 amide bonds. The summed E-state index contributed by atoms with van der Waals surface area (Å²) in [5.41, 5.74) is 1.70. The van der Waals surface area contributed by atoms with Crippen LogP contribution in [-0.2, 0) is 6.42 Å². The number of carbonyl (C=O) groups excluding carboxylic acids is 2. The van der Waals surface area contributed by atoms with Crippen LogP contribution >= 0.6 is 15.9 Å². The first-order chi connectivity index (χ1) is 13.4. The van der Waals surface area contributed by atoms with Gasteiger partial charge in [-0.2, -0.15) is 0 Å². The zero-order chi connectivity index (χ0) is 20.4. The highest BCUT2D eigenvalue weighted by atomic mass is 79.9. The van der Waals surface area contributed by atoms with Crippen molar-refractivity contribution in [2.24, 2.45) is 0 Å². The van der Waals surface area contributed by atoms with Gasteiger partial charge in [-0.3, -0.25) is 4.79 Å². The Kier molecular flexibility index (Phi) is 8.81. The Hall–Kier alpha value is -2.54. The second-order valence-corrected chi connectivity index (χ2v) is 7.43. The molecular formula is C21H26BrN3O3. The lowest BCUT2D eigenvalue weighted by Gasteiger charge is -2.11. The number of rotatable bonds is 9. The fraction of sp³-hybridized carbons (Fsp3) is 0.333. The lowest BCUT2D eigenvalue weighted by atomic mass is 10.1. The van der Waals surface area contributed by atoms with Gasteiger partial charge in [-0.25, -0.2) is 4.79 Å². The summed E-state index contributed by atoms with van der Waals surface area (Å²) in [7, 11) is 0. The normalized spacial score (nSPS) is 10.4. The van der Waals surface area contributed by atoms with Crippen LogP contribution in [0.5, 0.6) is 5.75 Å². The van der Waals surface area contributed by atoms with E-state index in [9.17, 15) is 9.59 Å². The highest BCUT2D eigenvalue weighted by Gasteiger charge is 2.05. The summed E-state index contributed by atoms with van der Waals surface area (Å²) in [5.74, 6) is 0.669. The van der Waals surface area contributed by atoms with Gasteiger partial charge in [-0.1, -0.05) is 34.1 Å². The topological polar surface area (TPSA) is 79.5 Å². The predicted molar refractivity (Wildman–Crippen MR) is 114 cm³/mol. The first kappa shape index (κ1) is 21.8. The predicted octanol–water partition coefficient (Wildman–Crippen LogP) is 3.51. The molecule has 0 aliphatic heterocycles. The van der Waals surface area contributed by atoms with E-state index in [0.29, 0.717) is 25.2 Å². The van der Waals surface area contributed by atoms with Crippen LogP contribution in [0.25, 0.3) is 0 Å². The standard InChI is InChI=1S/C21H26BrN3O3/c1-15(2)28-19-8-6-16(7-9-19)10-11-24-21(27)25-13-12-23-20(26)17-4-3-5-18(22)14-17/h3-9,14-15H,10-13H2,1-2H3,(H,23,26)(H2,24,25,27). The molecule has 0 aliphatic rings. The molecule has 0 aliphatic carbocycles. The average Bonchev–Trinajstić information content (AvgIpc) is 2.66. The van der Waals surface area contributed by atoms with Crippen molar-refractivity contribution in [2.75, 3.05) is 19.6 Å². The van der Waals surface area contributed by atoms with Crippen molar-refractivity contribution in [3.8, 4) is 5.75 Å². The third kappa shape index (κ3) is 8.00. The molecule has 28 heavy (non-hydrogen) atoms. The van der Waals surface area contributed by atoms with Crippen molar-refractivity contribution in [3.63, 3.8) is 0 Å². The van der Waals surface area contributed by atoms with E-state index in [2.05, 4.69) is 31.9 Å². The molecule has 150 valence electrons. The van der Waals surface area contributed by atoms with Gasteiger partial charge in [0.1, 0.15) is 5.75 Å². The van der Waals surface area contributed by atoms with E-state index in [1.165, 1.54) is 0 Å².